The van der Waals surface area contributed by atoms with Crippen LogP contribution >= 0.6 is 15.9 Å². The second-order valence-electron chi connectivity index (χ2n) is 7.50. The van der Waals surface area contributed by atoms with Gasteiger partial charge in [-0.1, -0.05) is 32.6 Å². The highest BCUT2D eigenvalue weighted by molar-refractivity contribution is 9.10. The van der Waals surface area contributed by atoms with Crippen LogP contribution in [0, 0.1) is 12.8 Å². The first-order valence-corrected chi connectivity index (χ1v) is 10.3. The minimum absolute atomic E-state index is 0.0491. The van der Waals surface area contributed by atoms with E-state index in [9.17, 15) is 9.90 Å². The van der Waals surface area contributed by atoms with Gasteiger partial charge >= 0.3 is 5.97 Å². The molecule has 0 saturated carbocycles. The second-order valence-corrected chi connectivity index (χ2v) is 8.29. The van der Waals surface area contributed by atoms with E-state index in [4.69, 9.17) is 14.2 Å². The van der Waals surface area contributed by atoms with Crippen LogP contribution in [0.1, 0.15) is 59.0 Å². The molecule has 0 aromatic heterocycles. The smallest absolute Gasteiger partial charge is 0.342 e. The Labute approximate surface area is 179 Å². The van der Waals surface area contributed by atoms with Crippen LogP contribution in [0.5, 0.6) is 17.2 Å². The molecule has 1 unspecified atom stereocenters. The van der Waals surface area contributed by atoms with Crippen LogP contribution in [-0.4, -0.2) is 18.2 Å². The molecule has 1 atom stereocenters. The number of cyclic esters (lactones) is 1. The van der Waals surface area contributed by atoms with Crippen molar-refractivity contribution in [1.29, 1.82) is 0 Å². The number of aliphatic hydroxyl groups excluding tert-OH is 1. The van der Waals surface area contributed by atoms with Crippen molar-refractivity contribution in [2.45, 2.75) is 39.9 Å². The highest BCUT2D eigenvalue weighted by atomic mass is 79.9. The minimum Gasteiger partial charge on any atom is -0.492 e. The molecule has 6 heteroatoms. The predicted octanol–water partition coefficient (Wildman–Crippen LogP) is 5.95. The third-order valence-electron chi connectivity index (χ3n) is 4.91. The van der Waals surface area contributed by atoms with E-state index in [-0.39, 0.29) is 12.2 Å². The maximum Gasteiger partial charge on any atom is 0.342 e. The van der Waals surface area contributed by atoms with Crippen molar-refractivity contribution in [3.05, 3.63) is 57.1 Å². The molecule has 29 heavy (non-hydrogen) atoms. The monoisotopic (exact) mass is 460 g/mol. The third kappa shape index (κ3) is 4.05. The van der Waals surface area contributed by atoms with Gasteiger partial charge in [-0.3, -0.25) is 0 Å². The Hall–Kier alpha value is -2.31. The number of aryl methyl sites for hydroxylation is 1. The summed E-state index contributed by atoms with van der Waals surface area (Å²) >= 11 is 3.54. The molecule has 1 heterocycles. The number of aliphatic hydroxyl groups is 1. The predicted molar refractivity (Wildman–Crippen MR) is 116 cm³/mol. The van der Waals surface area contributed by atoms with Crippen molar-refractivity contribution in [3.63, 3.8) is 0 Å². The zero-order valence-corrected chi connectivity index (χ0v) is 18.6. The van der Waals surface area contributed by atoms with Crippen LogP contribution in [-0.2, 0) is 11.3 Å². The zero-order chi connectivity index (χ0) is 21.3. The molecular weight excluding hydrogens is 436 g/mol. The first-order valence-electron chi connectivity index (χ1n) is 9.46. The van der Waals surface area contributed by atoms with Crippen molar-refractivity contribution < 1.29 is 24.1 Å². The van der Waals surface area contributed by atoms with E-state index < -0.39 is 12.1 Å². The van der Waals surface area contributed by atoms with Gasteiger partial charge in [0.2, 0.25) is 0 Å². The molecule has 1 aliphatic heterocycles. The topological polar surface area (TPSA) is 65.0 Å². The van der Waals surface area contributed by atoms with E-state index in [0.717, 1.165) is 10.0 Å². The average Bonchev–Trinajstić information content (AvgIpc) is 2.67. The Bertz CT molecular complexity index is 964. The molecule has 0 spiro atoms. The fourth-order valence-electron chi connectivity index (χ4n) is 3.54. The van der Waals surface area contributed by atoms with Gasteiger partial charge < -0.3 is 19.3 Å². The number of rotatable bonds is 5. The average molecular weight is 461 g/mol. The Balaban J connectivity index is 2.19. The summed E-state index contributed by atoms with van der Waals surface area (Å²) in [6.45, 7) is 9.89. The number of halogens is 1. The van der Waals surface area contributed by atoms with Gasteiger partial charge in [-0.15, -0.1) is 0 Å². The maximum atomic E-state index is 12.9. The zero-order valence-electron chi connectivity index (χ0n) is 17.0. The van der Waals surface area contributed by atoms with Gasteiger partial charge in [-0.25, -0.2) is 4.79 Å². The van der Waals surface area contributed by atoms with Crippen LogP contribution < -0.4 is 9.47 Å². The lowest BCUT2D eigenvalue weighted by molar-refractivity contribution is 0.0458. The van der Waals surface area contributed by atoms with Crippen LogP contribution in [0.25, 0.3) is 6.08 Å². The maximum absolute atomic E-state index is 12.9. The summed E-state index contributed by atoms with van der Waals surface area (Å²) < 4.78 is 18.1. The fraction of sp³-hybridized carbons (Fsp3) is 0.348. The molecule has 154 valence electrons. The van der Waals surface area contributed by atoms with E-state index in [0.29, 0.717) is 46.3 Å². The molecule has 0 amide bonds. The Morgan fingerprint density at radius 2 is 2.10 bits per heavy atom. The van der Waals surface area contributed by atoms with Crippen molar-refractivity contribution in [2.24, 2.45) is 5.92 Å². The van der Waals surface area contributed by atoms with E-state index in [1.165, 1.54) is 0 Å². The molecule has 0 fully saturated rings. The van der Waals surface area contributed by atoms with Crippen LogP contribution in [0.3, 0.4) is 0 Å². The molecule has 1 aliphatic rings. The highest BCUT2D eigenvalue weighted by Gasteiger charge is 2.29. The first-order chi connectivity index (χ1) is 13.8. The summed E-state index contributed by atoms with van der Waals surface area (Å²) in [6.07, 6.45) is 1.41. The number of ether oxygens (including phenoxy) is 3. The molecule has 1 N–H and O–H groups in total. The number of carbonyl (C=O) groups is 1. The Morgan fingerprint density at radius 3 is 2.72 bits per heavy atom. The molecule has 0 aliphatic carbocycles. The van der Waals surface area contributed by atoms with Gasteiger partial charge in [0.1, 0.15) is 17.9 Å². The molecule has 2 aromatic carbocycles. The summed E-state index contributed by atoms with van der Waals surface area (Å²) in [6, 6.07) is 5.35. The molecule has 0 bridgehead atoms. The molecule has 3 rings (SSSR count). The van der Waals surface area contributed by atoms with Gasteiger partial charge in [0.05, 0.1) is 17.7 Å². The van der Waals surface area contributed by atoms with E-state index >= 15 is 0 Å². The molecule has 0 radical (unpaired) electrons. The van der Waals surface area contributed by atoms with E-state index in [1.54, 1.807) is 25.3 Å². The molecule has 0 saturated heterocycles. The van der Waals surface area contributed by atoms with Crippen molar-refractivity contribution >= 4 is 28.0 Å². The van der Waals surface area contributed by atoms with Gasteiger partial charge in [0.15, 0.2) is 11.5 Å². The van der Waals surface area contributed by atoms with Crippen molar-refractivity contribution in [2.75, 3.05) is 7.11 Å². The lowest BCUT2D eigenvalue weighted by Crippen LogP contribution is -2.15. The van der Waals surface area contributed by atoms with Gasteiger partial charge in [-0.2, -0.15) is 0 Å². The SMILES string of the molecule is C=Cc1c(C(O)CC(C)C)ccc2c1C(=O)OCc1cc(C)c(Br)c(OC)c1O2. The molecule has 5 nitrogen and oxygen atoms in total. The van der Waals surface area contributed by atoms with Crippen molar-refractivity contribution in [3.8, 4) is 17.2 Å². The first kappa shape index (κ1) is 21.4. The highest BCUT2D eigenvalue weighted by Crippen LogP contribution is 2.46. The summed E-state index contributed by atoms with van der Waals surface area (Å²) in [5, 5.41) is 10.7. The lowest BCUT2D eigenvalue weighted by atomic mass is 9.92. The van der Waals surface area contributed by atoms with E-state index in [2.05, 4.69) is 22.5 Å². The third-order valence-corrected chi connectivity index (χ3v) is 5.90. The number of fused-ring (bicyclic) bond motifs is 2. The van der Waals surface area contributed by atoms with E-state index in [1.807, 2.05) is 26.8 Å². The standard InChI is InChI=1S/C23H25BrO5/c1-6-15-16(17(25)9-12(2)3)7-8-18-19(15)23(26)28-11-14-10-13(4)20(24)22(27-5)21(14)29-18/h6-8,10,12,17,25H,1,9,11H2,2-5H3. The summed E-state index contributed by atoms with van der Waals surface area (Å²) in [4.78, 5) is 12.9. The summed E-state index contributed by atoms with van der Waals surface area (Å²) in [5.74, 6) is 1.14. The minimum atomic E-state index is -0.717. The Kier molecular flexibility index (Phi) is 6.34. The molecular formula is C23H25BrO5. The fourth-order valence-corrected chi connectivity index (χ4v) is 3.99. The number of esters is 1. The van der Waals surface area contributed by atoms with Gasteiger partial charge in [0.25, 0.3) is 0 Å². The summed E-state index contributed by atoms with van der Waals surface area (Å²) in [5.41, 5.74) is 3.07. The quantitative estimate of drug-likeness (QED) is 0.558. The summed E-state index contributed by atoms with van der Waals surface area (Å²) in [7, 11) is 1.56. The number of methoxy groups -OCH3 is 1. The number of hydrogen-bond donors (Lipinski definition) is 1. The largest absolute Gasteiger partial charge is 0.492 e. The number of hydrogen-bond acceptors (Lipinski definition) is 5. The van der Waals surface area contributed by atoms with Gasteiger partial charge in [-0.05, 0) is 64.0 Å². The van der Waals surface area contributed by atoms with Crippen molar-refractivity contribution in [1.82, 2.24) is 0 Å². The van der Waals surface area contributed by atoms with Crippen LogP contribution in [0.15, 0.2) is 29.3 Å². The van der Waals surface area contributed by atoms with Crippen LogP contribution in [0.4, 0.5) is 0 Å². The lowest BCUT2D eigenvalue weighted by Gasteiger charge is -2.24. The second kappa shape index (κ2) is 8.59. The normalized spacial score (nSPS) is 14.1. The van der Waals surface area contributed by atoms with Crippen LogP contribution in [0.2, 0.25) is 0 Å². The Morgan fingerprint density at radius 1 is 1.38 bits per heavy atom. The molecule has 2 aromatic rings. The number of carbonyl (C=O) groups excluding carboxylic acids is 1. The number of benzene rings is 2. The van der Waals surface area contributed by atoms with Gasteiger partial charge in [0, 0.05) is 5.56 Å².